The van der Waals surface area contributed by atoms with Crippen molar-refractivity contribution in [2.45, 2.75) is 13.5 Å². The molecule has 0 saturated carbocycles. The first-order chi connectivity index (χ1) is 9.69. The highest BCUT2D eigenvalue weighted by molar-refractivity contribution is 5.77. The van der Waals surface area contributed by atoms with E-state index >= 15 is 0 Å². The summed E-state index contributed by atoms with van der Waals surface area (Å²) in [5.41, 5.74) is 0. The minimum atomic E-state index is -0.285. The number of hydrogen-bond acceptors (Lipinski definition) is 6. The van der Waals surface area contributed by atoms with E-state index in [1.807, 2.05) is 6.07 Å². The van der Waals surface area contributed by atoms with Crippen LogP contribution in [0.15, 0.2) is 28.7 Å². The molecule has 20 heavy (non-hydrogen) atoms. The predicted molar refractivity (Wildman–Crippen MR) is 69.4 cm³/mol. The van der Waals surface area contributed by atoms with Gasteiger partial charge in [-0.3, -0.25) is 4.79 Å². The van der Waals surface area contributed by atoms with Crippen LogP contribution in [-0.4, -0.2) is 29.8 Å². The first-order valence-corrected chi connectivity index (χ1v) is 6.00. The van der Waals surface area contributed by atoms with E-state index in [2.05, 4.69) is 15.5 Å². The molecule has 1 aromatic heterocycles. The Hall–Kier alpha value is -2.57. The minimum Gasteiger partial charge on any atom is -0.493 e. The Morgan fingerprint density at radius 3 is 2.70 bits per heavy atom. The highest BCUT2D eigenvalue weighted by Gasteiger charge is 2.08. The monoisotopic (exact) mass is 277 g/mol. The fourth-order valence-electron chi connectivity index (χ4n) is 1.52. The molecule has 1 heterocycles. The lowest BCUT2D eigenvalue weighted by Gasteiger charge is -2.09. The summed E-state index contributed by atoms with van der Waals surface area (Å²) in [5.74, 6) is 1.62. The van der Waals surface area contributed by atoms with Crippen LogP contribution in [0.2, 0.25) is 0 Å². The molecule has 1 N–H and O–H groups in total. The third-order valence-electron chi connectivity index (χ3n) is 2.43. The van der Waals surface area contributed by atoms with Gasteiger partial charge >= 0.3 is 0 Å². The normalized spacial score (nSPS) is 10.1. The molecular formula is C13H15N3O4. The van der Waals surface area contributed by atoms with Gasteiger partial charge in [-0.25, -0.2) is 0 Å². The molecule has 0 unspecified atom stereocenters. The topological polar surface area (TPSA) is 86.5 Å². The van der Waals surface area contributed by atoms with E-state index in [-0.39, 0.29) is 19.1 Å². The van der Waals surface area contributed by atoms with Gasteiger partial charge in [0.15, 0.2) is 18.1 Å². The Morgan fingerprint density at radius 1 is 1.30 bits per heavy atom. The van der Waals surface area contributed by atoms with Crippen molar-refractivity contribution in [3.63, 3.8) is 0 Å². The van der Waals surface area contributed by atoms with Gasteiger partial charge in [-0.1, -0.05) is 12.1 Å². The molecule has 0 saturated heterocycles. The Labute approximate surface area is 115 Å². The third kappa shape index (κ3) is 3.71. The summed E-state index contributed by atoms with van der Waals surface area (Å²) < 4.78 is 15.6. The average molecular weight is 277 g/mol. The highest BCUT2D eigenvalue weighted by Crippen LogP contribution is 2.25. The van der Waals surface area contributed by atoms with Crippen molar-refractivity contribution in [1.82, 2.24) is 15.5 Å². The molecule has 1 aromatic carbocycles. The van der Waals surface area contributed by atoms with Crippen molar-refractivity contribution in [2.75, 3.05) is 13.7 Å². The van der Waals surface area contributed by atoms with Crippen LogP contribution in [0.25, 0.3) is 0 Å². The van der Waals surface area contributed by atoms with Crippen molar-refractivity contribution in [2.24, 2.45) is 0 Å². The molecule has 0 spiro atoms. The zero-order chi connectivity index (χ0) is 14.4. The van der Waals surface area contributed by atoms with Crippen molar-refractivity contribution < 1.29 is 18.7 Å². The number of amides is 1. The summed E-state index contributed by atoms with van der Waals surface area (Å²) in [5, 5.41) is 10.1. The van der Waals surface area contributed by atoms with E-state index < -0.39 is 0 Å². The van der Waals surface area contributed by atoms with Gasteiger partial charge in [-0.15, -0.1) is 10.2 Å². The largest absolute Gasteiger partial charge is 0.493 e. The highest BCUT2D eigenvalue weighted by atomic mass is 16.5. The Balaban J connectivity index is 1.80. The van der Waals surface area contributed by atoms with Crippen molar-refractivity contribution in [1.29, 1.82) is 0 Å². The number of nitrogens with zero attached hydrogens (tertiary/aromatic N) is 2. The van der Waals surface area contributed by atoms with E-state index in [1.54, 1.807) is 32.2 Å². The Morgan fingerprint density at radius 2 is 2.05 bits per heavy atom. The van der Waals surface area contributed by atoms with Crippen LogP contribution in [0, 0.1) is 6.92 Å². The van der Waals surface area contributed by atoms with Crippen LogP contribution in [-0.2, 0) is 11.3 Å². The molecule has 0 radical (unpaired) electrons. The summed E-state index contributed by atoms with van der Waals surface area (Å²) in [6.07, 6.45) is 0. The van der Waals surface area contributed by atoms with E-state index in [9.17, 15) is 4.79 Å². The molecular weight excluding hydrogens is 262 g/mol. The number of nitrogens with one attached hydrogen (secondary N) is 1. The number of hydrogen-bond donors (Lipinski definition) is 1. The molecule has 0 fully saturated rings. The molecule has 0 aliphatic rings. The summed E-state index contributed by atoms with van der Waals surface area (Å²) in [6.45, 7) is 1.74. The maximum absolute atomic E-state index is 11.6. The third-order valence-corrected chi connectivity index (χ3v) is 2.43. The molecule has 7 heteroatoms. The molecule has 106 valence electrons. The molecule has 0 aliphatic carbocycles. The van der Waals surface area contributed by atoms with E-state index in [1.165, 1.54) is 0 Å². The molecule has 0 atom stereocenters. The lowest BCUT2D eigenvalue weighted by Crippen LogP contribution is -2.28. The number of carbonyl (C=O) groups excluding carboxylic acids is 1. The lowest BCUT2D eigenvalue weighted by atomic mass is 10.3. The van der Waals surface area contributed by atoms with Crippen LogP contribution in [0.5, 0.6) is 11.5 Å². The maximum Gasteiger partial charge on any atom is 0.258 e. The average Bonchev–Trinajstić information content (AvgIpc) is 2.89. The second kappa shape index (κ2) is 6.55. The van der Waals surface area contributed by atoms with Gasteiger partial charge in [0.05, 0.1) is 13.7 Å². The van der Waals surface area contributed by atoms with Gasteiger partial charge in [-0.2, -0.15) is 0 Å². The second-order valence-corrected chi connectivity index (χ2v) is 3.93. The van der Waals surface area contributed by atoms with E-state index in [4.69, 9.17) is 13.9 Å². The Bertz CT molecular complexity index is 583. The molecule has 2 aromatic rings. The number of carbonyl (C=O) groups is 1. The van der Waals surface area contributed by atoms with Gasteiger partial charge in [0, 0.05) is 6.92 Å². The minimum absolute atomic E-state index is 0.118. The number of para-hydroxylation sites is 2. The zero-order valence-electron chi connectivity index (χ0n) is 11.3. The number of benzene rings is 1. The van der Waals surface area contributed by atoms with Crippen LogP contribution in [0.3, 0.4) is 0 Å². The number of rotatable bonds is 6. The molecule has 1 amide bonds. The lowest BCUT2D eigenvalue weighted by molar-refractivity contribution is -0.123. The van der Waals surface area contributed by atoms with Crippen LogP contribution in [0.4, 0.5) is 0 Å². The fraction of sp³-hybridized carbons (Fsp3) is 0.308. The molecule has 7 nitrogen and oxygen atoms in total. The first kappa shape index (κ1) is 13.9. The second-order valence-electron chi connectivity index (χ2n) is 3.93. The van der Waals surface area contributed by atoms with Gasteiger partial charge in [-0.05, 0) is 12.1 Å². The van der Waals surface area contributed by atoms with Gasteiger partial charge in [0.25, 0.3) is 5.91 Å². The smallest absolute Gasteiger partial charge is 0.258 e. The number of aryl methyl sites for hydroxylation is 1. The van der Waals surface area contributed by atoms with Gasteiger partial charge in [0.1, 0.15) is 0 Å². The summed E-state index contributed by atoms with van der Waals surface area (Å²) in [7, 11) is 1.54. The van der Waals surface area contributed by atoms with Crippen LogP contribution in [0.1, 0.15) is 11.8 Å². The predicted octanol–water partition coefficient (Wildman–Crippen LogP) is 1.08. The van der Waals surface area contributed by atoms with E-state index in [0.29, 0.717) is 23.3 Å². The SMILES string of the molecule is COc1ccccc1OCC(=O)NCc1nnc(C)o1. The summed E-state index contributed by atoms with van der Waals surface area (Å²) in [4.78, 5) is 11.6. The summed E-state index contributed by atoms with van der Waals surface area (Å²) in [6, 6.07) is 7.11. The van der Waals surface area contributed by atoms with Crippen molar-refractivity contribution in [3.8, 4) is 11.5 Å². The molecule has 0 aliphatic heterocycles. The molecule has 0 bridgehead atoms. The Kier molecular flexibility index (Phi) is 4.54. The quantitative estimate of drug-likeness (QED) is 0.850. The van der Waals surface area contributed by atoms with Crippen LogP contribution < -0.4 is 14.8 Å². The number of ether oxygens (including phenoxy) is 2. The maximum atomic E-state index is 11.6. The van der Waals surface area contributed by atoms with Crippen molar-refractivity contribution >= 4 is 5.91 Å². The standard InChI is InChI=1S/C13H15N3O4/c1-9-15-16-13(20-9)7-14-12(17)8-19-11-6-4-3-5-10(11)18-2/h3-6H,7-8H2,1-2H3,(H,14,17). The molecule has 2 rings (SSSR count). The van der Waals surface area contributed by atoms with E-state index in [0.717, 1.165) is 0 Å². The fourth-order valence-corrected chi connectivity index (χ4v) is 1.52. The van der Waals surface area contributed by atoms with Gasteiger partial charge < -0.3 is 19.2 Å². The first-order valence-electron chi connectivity index (χ1n) is 6.00. The van der Waals surface area contributed by atoms with Gasteiger partial charge in [0.2, 0.25) is 11.8 Å². The number of methoxy groups -OCH3 is 1. The van der Waals surface area contributed by atoms with Crippen molar-refractivity contribution in [3.05, 3.63) is 36.0 Å². The zero-order valence-corrected chi connectivity index (χ0v) is 11.3. The number of aromatic nitrogens is 2. The van der Waals surface area contributed by atoms with Crippen LogP contribution >= 0.6 is 0 Å². The summed E-state index contributed by atoms with van der Waals surface area (Å²) >= 11 is 0.